The van der Waals surface area contributed by atoms with Crippen molar-refractivity contribution in [2.24, 2.45) is 5.92 Å². The first-order valence-corrected chi connectivity index (χ1v) is 9.35. The third-order valence-electron chi connectivity index (χ3n) is 4.97. The van der Waals surface area contributed by atoms with E-state index in [0.717, 1.165) is 35.0 Å². The Labute approximate surface area is 145 Å². The Hall–Kier alpha value is -2.01. The van der Waals surface area contributed by atoms with Crippen molar-refractivity contribution < 1.29 is 0 Å². The number of aryl methyl sites for hydroxylation is 1. The van der Waals surface area contributed by atoms with E-state index in [0.29, 0.717) is 5.92 Å². The van der Waals surface area contributed by atoms with Gasteiger partial charge in [0.25, 0.3) is 5.56 Å². The average molecular weight is 339 g/mol. The molecule has 1 aliphatic rings. The van der Waals surface area contributed by atoms with Crippen LogP contribution in [0.1, 0.15) is 42.3 Å². The van der Waals surface area contributed by atoms with Gasteiger partial charge in [-0.25, -0.2) is 4.98 Å². The number of fused-ring (bicyclic) bond motifs is 3. The molecule has 0 aliphatic heterocycles. The fourth-order valence-corrected chi connectivity index (χ4v) is 4.96. The van der Waals surface area contributed by atoms with Crippen molar-refractivity contribution in [3.8, 4) is 0 Å². The summed E-state index contributed by atoms with van der Waals surface area (Å²) in [7, 11) is 0. The van der Waals surface area contributed by atoms with E-state index in [4.69, 9.17) is 0 Å². The van der Waals surface area contributed by atoms with Crippen LogP contribution in [0.5, 0.6) is 0 Å². The van der Waals surface area contributed by atoms with E-state index in [1.165, 1.54) is 16.9 Å². The first-order chi connectivity index (χ1) is 11.6. The first kappa shape index (κ1) is 15.5. The lowest BCUT2D eigenvalue weighted by molar-refractivity contribution is 0.507. The highest BCUT2D eigenvalue weighted by atomic mass is 32.1. The standard InChI is InChI=1S/C19H21N3OS/c1-12-5-6-15-16(8-12)24-18-17(15)19(23)22(11-21-18)13(2)9-14-4-3-7-20-10-14/h3-4,7,10-13H,5-6,8-9H2,1-2H3/t12-,13-/m0/s1. The summed E-state index contributed by atoms with van der Waals surface area (Å²) in [6.07, 6.45) is 9.39. The molecule has 1 aliphatic carbocycles. The molecular weight excluding hydrogens is 318 g/mol. The number of thiophene rings is 1. The van der Waals surface area contributed by atoms with E-state index in [9.17, 15) is 4.79 Å². The van der Waals surface area contributed by atoms with Crippen LogP contribution in [0.25, 0.3) is 10.2 Å². The molecule has 4 rings (SSSR count). The molecule has 0 fully saturated rings. The number of aromatic nitrogens is 3. The second-order valence-electron chi connectivity index (χ2n) is 6.90. The molecule has 0 bridgehead atoms. The van der Waals surface area contributed by atoms with Crippen LogP contribution < -0.4 is 5.56 Å². The number of pyridine rings is 1. The number of hydrogen-bond acceptors (Lipinski definition) is 4. The fourth-order valence-electron chi connectivity index (χ4n) is 3.62. The molecule has 2 atom stereocenters. The van der Waals surface area contributed by atoms with Gasteiger partial charge in [-0.3, -0.25) is 14.3 Å². The van der Waals surface area contributed by atoms with Gasteiger partial charge in [-0.15, -0.1) is 11.3 Å². The van der Waals surface area contributed by atoms with Gasteiger partial charge >= 0.3 is 0 Å². The molecule has 0 amide bonds. The zero-order valence-electron chi connectivity index (χ0n) is 14.0. The summed E-state index contributed by atoms with van der Waals surface area (Å²) in [5.41, 5.74) is 2.51. The van der Waals surface area contributed by atoms with Crippen molar-refractivity contribution in [3.63, 3.8) is 0 Å². The highest BCUT2D eigenvalue weighted by molar-refractivity contribution is 7.18. The van der Waals surface area contributed by atoms with Crippen molar-refractivity contribution >= 4 is 21.6 Å². The van der Waals surface area contributed by atoms with Crippen LogP contribution in [0.3, 0.4) is 0 Å². The number of hydrogen-bond donors (Lipinski definition) is 0. The van der Waals surface area contributed by atoms with Gasteiger partial charge < -0.3 is 0 Å². The van der Waals surface area contributed by atoms with E-state index in [1.54, 1.807) is 28.4 Å². The van der Waals surface area contributed by atoms with Crippen LogP contribution >= 0.6 is 11.3 Å². The second-order valence-corrected chi connectivity index (χ2v) is 7.99. The van der Waals surface area contributed by atoms with Crippen LogP contribution in [0.2, 0.25) is 0 Å². The molecule has 3 heterocycles. The quantitative estimate of drug-likeness (QED) is 0.729. The highest BCUT2D eigenvalue weighted by Gasteiger charge is 2.23. The molecule has 5 heteroatoms. The van der Waals surface area contributed by atoms with Gasteiger partial charge in [-0.1, -0.05) is 13.0 Å². The largest absolute Gasteiger partial charge is 0.295 e. The van der Waals surface area contributed by atoms with E-state index < -0.39 is 0 Å². The van der Waals surface area contributed by atoms with E-state index in [-0.39, 0.29) is 11.6 Å². The summed E-state index contributed by atoms with van der Waals surface area (Å²) in [5.74, 6) is 0.706. The lowest BCUT2D eigenvalue weighted by Gasteiger charge is -2.18. The molecule has 124 valence electrons. The SMILES string of the molecule is C[C@H]1CCc2c(sc3ncn([C@@H](C)Cc4cccnc4)c(=O)c23)C1. The summed E-state index contributed by atoms with van der Waals surface area (Å²) in [6, 6.07) is 4.05. The summed E-state index contributed by atoms with van der Waals surface area (Å²) < 4.78 is 1.79. The normalized spacial score (nSPS) is 18.5. The van der Waals surface area contributed by atoms with Crippen LogP contribution in [0, 0.1) is 5.92 Å². The Morgan fingerprint density at radius 1 is 1.46 bits per heavy atom. The minimum atomic E-state index is 0.0664. The van der Waals surface area contributed by atoms with Crippen LogP contribution in [0.15, 0.2) is 35.6 Å². The molecule has 0 aromatic carbocycles. The van der Waals surface area contributed by atoms with Gasteiger partial charge in [0.05, 0.1) is 11.7 Å². The fraction of sp³-hybridized carbons (Fsp3) is 0.421. The predicted molar refractivity (Wildman–Crippen MR) is 97.7 cm³/mol. The van der Waals surface area contributed by atoms with Crippen LogP contribution in [-0.2, 0) is 19.3 Å². The minimum Gasteiger partial charge on any atom is -0.295 e. The zero-order chi connectivity index (χ0) is 16.7. The molecule has 0 N–H and O–H groups in total. The average Bonchev–Trinajstić information content (AvgIpc) is 2.94. The van der Waals surface area contributed by atoms with Crippen molar-refractivity contribution in [1.29, 1.82) is 0 Å². The Morgan fingerprint density at radius 2 is 2.33 bits per heavy atom. The van der Waals surface area contributed by atoms with Crippen LogP contribution in [-0.4, -0.2) is 14.5 Å². The molecule has 4 nitrogen and oxygen atoms in total. The van der Waals surface area contributed by atoms with Crippen molar-refractivity contribution in [1.82, 2.24) is 14.5 Å². The number of nitrogens with zero attached hydrogens (tertiary/aromatic N) is 3. The van der Waals surface area contributed by atoms with Crippen molar-refractivity contribution in [2.45, 2.75) is 45.6 Å². The second kappa shape index (κ2) is 6.13. The zero-order valence-corrected chi connectivity index (χ0v) is 14.8. The lowest BCUT2D eigenvalue weighted by Crippen LogP contribution is -2.25. The van der Waals surface area contributed by atoms with E-state index in [1.807, 2.05) is 18.3 Å². The van der Waals surface area contributed by atoms with Gasteiger partial charge in [-0.2, -0.15) is 0 Å². The molecule has 0 spiro atoms. The summed E-state index contributed by atoms with van der Waals surface area (Å²) in [5, 5.41) is 0.863. The molecule has 0 saturated carbocycles. The predicted octanol–water partition coefficient (Wildman–Crippen LogP) is 3.78. The van der Waals surface area contributed by atoms with Gasteiger partial charge in [0.15, 0.2) is 0 Å². The van der Waals surface area contributed by atoms with Crippen molar-refractivity contribution in [3.05, 3.63) is 57.2 Å². The molecule has 0 saturated heterocycles. The third kappa shape index (κ3) is 2.67. The van der Waals surface area contributed by atoms with Gasteiger partial charge in [-0.05, 0) is 55.7 Å². The molecule has 24 heavy (non-hydrogen) atoms. The summed E-state index contributed by atoms with van der Waals surface area (Å²) in [6.45, 7) is 4.36. The number of rotatable bonds is 3. The minimum absolute atomic E-state index is 0.0664. The Balaban J connectivity index is 1.74. The Kier molecular flexibility index (Phi) is 3.96. The van der Waals surface area contributed by atoms with E-state index >= 15 is 0 Å². The topological polar surface area (TPSA) is 47.8 Å². The molecule has 0 unspecified atom stereocenters. The van der Waals surface area contributed by atoms with E-state index in [2.05, 4.69) is 23.8 Å². The highest BCUT2D eigenvalue weighted by Crippen LogP contribution is 2.35. The maximum Gasteiger partial charge on any atom is 0.262 e. The van der Waals surface area contributed by atoms with Gasteiger partial charge in [0, 0.05) is 23.3 Å². The monoisotopic (exact) mass is 339 g/mol. The molecular formula is C19H21N3OS. The Bertz CT molecular complexity index is 929. The molecule has 0 radical (unpaired) electrons. The van der Waals surface area contributed by atoms with Crippen molar-refractivity contribution in [2.75, 3.05) is 0 Å². The summed E-state index contributed by atoms with van der Waals surface area (Å²) in [4.78, 5) is 24.1. The van der Waals surface area contributed by atoms with Gasteiger partial charge in [0.2, 0.25) is 0 Å². The maximum absolute atomic E-state index is 13.1. The first-order valence-electron chi connectivity index (χ1n) is 8.53. The molecule has 3 aromatic rings. The molecule has 3 aromatic heterocycles. The van der Waals surface area contributed by atoms with Crippen LogP contribution in [0.4, 0.5) is 0 Å². The Morgan fingerprint density at radius 3 is 3.12 bits per heavy atom. The lowest BCUT2D eigenvalue weighted by atomic mass is 9.89. The maximum atomic E-state index is 13.1. The third-order valence-corrected chi connectivity index (χ3v) is 6.13. The smallest absolute Gasteiger partial charge is 0.262 e. The summed E-state index contributed by atoms with van der Waals surface area (Å²) >= 11 is 1.71. The van der Waals surface area contributed by atoms with Gasteiger partial charge in [0.1, 0.15) is 4.83 Å².